The van der Waals surface area contributed by atoms with Crippen LogP contribution in [0.2, 0.25) is 0 Å². The molecule has 0 N–H and O–H groups in total. The van der Waals surface area contributed by atoms with E-state index in [1.165, 1.54) is 17.6 Å². The molecule has 1 aromatic rings. The molecule has 0 radical (unpaired) electrons. The van der Waals surface area contributed by atoms with E-state index in [0.717, 1.165) is 18.6 Å². The van der Waals surface area contributed by atoms with E-state index in [1.54, 1.807) is 7.11 Å². The highest BCUT2D eigenvalue weighted by Gasteiger charge is 2.20. The normalized spacial score (nSPS) is 21.4. The number of hydrogen-bond donors (Lipinski definition) is 0. The van der Waals surface area contributed by atoms with Crippen molar-refractivity contribution in [2.24, 2.45) is 5.92 Å². The van der Waals surface area contributed by atoms with E-state index < -0.39 is 0 Å². The van der Waals surface area contributed by atoms with Gasteiger partial charge in [-0.25, -0.2) is 0 Å². The minimum atomic E-state index is 0.474. The summed E-state index contributed by atoms with van der Waals surface area (Å²) in [4.78, 5) is 0. The molecule has 0 aliphatic heterocycles. The highest BCUT2D eigenvalue weighted by molar-refractivity contribution is 5.55. The zero-order valence-electron chi connectivity index (χ0n) is 10.1. The summed E-state index contributed by atoms with van der Waals surface area (Å²) in [6, 6.07) is 10.4. The van der Waals surface area contributed by atoms with Crippen molar-refractivity contribution in [1.29, 1.82) is 5.26 Å². The molecule has 17 heavy (non-hydrogen) atoms. The molecule has 2 nitrogen and oxygen atoms in total. The fourth-order valence-electron chi connectivity index (χ4n) is 2.39. The van der Waals surface area contributed by atoms with Gasteiger partial charge in [-0.1, -0.05) is 23.8 Å². The number of allylic oxidation sites excluding steroid dienone is 1. The molecule has 0 unspecified atom stereocenters. The Morgan fingerprint density at radius 3 is 2.82 bits per heavy atom. The smallest absolute Gasteiger partial charge is 0.118 e. The number of rotatable bonds is 3. The van der Waals surface area contributed by atoms with Gasteiger partial charge < -0.3 is 4.74 Å². The Kier molecular flexibility index (Phi) is 3.82. The van der Waals surface area contributed by atoms with Crippen LogP contribution in [0, 0.1) is 17.2 Å². The molecular weight excluding hydrogens is 210 g/mol. The molecule has 0 aromatic heterocycles. The van der Waals surface area contributed by atoms with E-state index in [-0.39, 0.29) is 0 Å². The molecule has 1 aliphatic carbocycles. The molecular formula is C15H17NO. The van der Waals surface area contributed by atoms with Crippen molar-refractivity contribution in [2.75, 3.05) is 7.11 Å². The summed E-state index contributed by atoms with van der Waals surface area (Å²) in [6.45, 7) is 0. The van der Waals surface area contributed by atoms with E-state index >= 15 is 0 Å². The summed E-state index contributed by atoms with van der Waals surface area (Å²) in [5.74, 6) is 1.36. The number of nitriles is 1. The summed E-state index contributed by atoms with van der Waals surface area (Å²) in [5, 5.41) is 8.79. The second-order valence-corrected chi connectivity index (χ2v) is 4.44. The van der Waals surface area contributed by atoms with E-state index in [4.69, 9.17) is 10.00 Å². The van der Waals surface area contributed by atoms with E-state index in [9.17, 15) is 0 Å². The molecule has 2 heteroatoms. The van der Waals surface area contributed by atoms with Gasteiger partial charge in [0.1, 0.15) is 5.75 Å². The summed E-state index contributed by atoms with van der Waals surface area (Å²) < 4.78 is 5.14. The lowest BCUT2D eigenvalue weighted by molar-refractivity contribution is 0.415. The predicted octanol–water partition coefficient (Wildman–Crippen LogP) is 3.79. The first-order valence-electron chi connectivity index (χ1n) is 6.05. The first kappa shape index (κ1) is 11.7. The van der Waals surface area contributed by atoms with Gasteiger partial charge in [-0.05, 0) is 42.9 Å². The number of nitrogens with zero attached hydrogens (tertiary/aromatic N) is 1. The molecule has 1 saturated carbocycles. The molecule has 0 bridgehead atoms. The number of ether oxygens (including phenoxy) is 1. The average molecular weight is 227 g/mol. The van der Waals surface area contributed by atoms with Crippen molar-refractivity contribution in [3.05, 3.63) is 35.4 Å². The largest absolute Gasteiger partial charge is 0.497 e. The van der Waals surface area contributed by atoms with Crippen LogP contribution in [0.1, 0.15) is 31.2 Å². The predicted molar refractivity (Wildman–Crippen MR) is 68.5 cm³/mol. The van der Waals surface area contributed by atoms with Gasteiger partial charge in [-0.2, -0.15) is 5.26 Å². The Labute approximate surface area is 103 Å². The third-order valence-electron chi connectivity index (χ3n) is 3.35. The quantitative estimate of drug-likeness (QED) is 0.787. The Hall–Kier alpha value is -1.75. The van der Waals surface area contributed by atoms with Crippen LogP contribution in [-0.2, 0) is 0 Å². The highest BCUT2D eigenvalue weighted by Crippen LogP contribution is 2.34. The molecule has 1 aliphatic rings. The van der Waals surface area contributed by atoms with Gasteiger partial charge in [0.05, 0.1) is 13.2 Å². The molecule has 1 aromatic carbocycles. The molecule has 0 saturated heterocycles. The van der Waals surface area contributed by atoms with Crippen LogP contribution in [0.25, 0.3) is 6.08 Å². The van der Waals surface area contributed by atoms with Crippen LogP contribution in [0.4, 0.5) is 0 Å². The fourth-order valence-corrected chi connectivity index (χ4v) is 2.39. The topological polar surface area (TPSA) is 33.0 Å². The highest BCUT2D eigenvalue weighted by atomic mass is 16.5. The molecule has 0 heterocycles. The van der Waals surface area contributed by atoms with Crippen LogP contribution in [-0.4, -0.2) is 7.11 Å². The lowest BCUT2D eigenvalue weighted by Crippen LogP contribution is -1.94. The van der Waals surface area contributed by atoms with Crippen LogP contribution < -0.4 is 4.74 Å². The van der Waals surface area contributed by atoms with Crippen molar-refractivity contribution in [3.63, 3.8) is 0 Å². The monoisotopic (exact) mass is 227 g/mol. The van der Waals surface area contributed by atoms with E-state index in [1.807, 2.05) is 12.1 Å². The minimum absolute atomic E-state index is 0.474. The van der Waals surface area contributed by atoms with Crippen LogP contribution in [0.3, 0.4) is 0 Å². The van der Waals surface area contributed by atoms with Crippen molar-refractivity contribution >= 4 is 6.08 Å². The van der Waals surface area contributed by atoms with Gasteiger partial charge in [-0.15, -0.1) is 0 Å². The lowest BCUT2D eigenvalue weighted by atomic mass is 9.97. The van der Waals surface area contributed by atoms with E-state index in [0.29, 0.717) is 12.3 Å². The lowest BCUT2D eigenvalue weighted by Gasteiger charge is -2.07. The first-order chi connectivity index (χ1) is 8.33. The van der Waals surface area contributed by atoms with Gasteiger partial charge in [0, 0.05) is 6.42 Å². The average Bonchev–Trinajstić information content (AvgIpc) is 2.78. The first-order valence-corrected chi connectivity index (χ1v) is 6.05. The fraction of sp³-hybridized carbons (Fsp3) is 0.400. The number of benzene rings is 1. The van der Waals surface area contributed by atoms with Gasteiger partial charge in [-0.3, -0.25) is 0 Å². The second-order valence-electron chi connectivity index (χ2n) is 4.44. The molecule has 0 amide bonds. The number of hydrogen-bond acceptors (Lipinski definition) is 2. The summed E-state index contributed by atoms with van der Waals surface area (Å²) in [5.41, 5.74) is 2.63. The summed E-state index contributed by atoms with van der Waals surface area (Å²) in [7, 11) is 1.67. The third kappa shape index (κ3) is 2.88. The minimum Gasteiger partial charge on any atom is -0.497 e. The number of methoxy groups -OCH3 is 1. The van der Waals surface area contributed by atoms with E-state index in [2.05, 4.69) is 24.3 Å². The maximum atomic E-state index is 8.79. The maximum Gasteiger partial charge on any atom is 0.118 e. The molecule has 0 spiro atoms. The zero-order valence-corrected chi connectivity index (χ0v) is 10.1. The van der Waals surface area contributed by atoms with Gasteiger partial charge in [0.2, 0.25) is 0 Å². The van der Waals surface area contributed by atoms with Crippen molar-refractivity contribution in [3.8, 4) is 11.8 Å². The molecule has 88 valence electrons. The van der Waals surface area contributed by atoms with Gasteiger partial charge in [0.15, 0.2) is 0 Å². The molecule has 1 fully saturated rings. The maximum absolute atomic E-state index is 8.79. The standard InChI is InChI=1S/C15H17NO/c1-17-15-7-5-12(6-8-15)11-14-4-2-3-13(14)9-10-16/h5-8,11,13H,2-4,9H2,1H3/b14-11-/t13-/m0/s1. The summed E-state index contributed by atoms with van der Waals surface area (Å²) in [6.07, 6.45) is 6.40. The Morgan fingerprint density at radius 1 is 1.41 bits per heavy atom. The zero-order chi connectivity index (χ0) is 12.1. The van der Waals surface area contributed by atoms with Crippen LogP contribution in [0.15, 0.2) is 29.8 Å². The molecule has 2 rings (SSSR count). The van der Waals surface area contributed by atoms with Gasteiger partial charge >= 0.3 is 0 Å². The van der Waals surface area contributed by atoms with Gasteiger partial charge in [0.25, 0.3) is 0 Å². The van der Waals surface area contributed by atoms with Crippen LogP contribution in [0.5, 0.6) is 5.75 Å². The van der Waals surface area contributed by atoms with Crippen molar-refractivity contribution in [1.82, 2.24) is 0 Å². The second kappa shape index (κ2) is 5.54. The Balaban J connectivity index is 2.14. The van der Waals surface area contributed by atoms with Crippen LogP contribution >= 0.6 is 0 Å². The van der Waals surface area contributed by atoms with Crippen molar-refractivity contribution < 1.29 is 4.74 Å². The Bertz CT molecular complexity index is 439. The summed E-state index contributed by atoms with van der Waals surface area (Å²) >= 11 is 0. The van der Waals surface area contributed by atoms with Crippen molar-refractivity contribution in [2.45, 2.75) is 25.7 Å². The SMILES string of the molecule is COc1ccc(/C=C2/CCC[C@H]2CC#N)cc1. The third-order valence-corrected chi connectivity index (χ3v) is 3.35. The molecule has 1 atom stereocenters. The Morgan fingerprint density at radius 2 is 2.18 bits per heavy atom.